The number of rotatable bonds is 5. The number of carbonyl (C=O) groups excluding carboxylic acids is 2. The molecule has 7 nitrogen and oxygen atoms in total. The van der Waals surface area contributed by atoms with E-state index in [1.165, 1.54) is 0 Å². The molecule has 0 bridgehead atoms. The molecule has 8 heteroatoms. The molecule has 0 spiro atoms. The number of nitrogens with zero attached hydrogens (tertiary/aromatic N) is 1. The van der Waals surface area contributed by atoms with Crippen molar-refractivity contribution in [3.05, 3.63) is 48.1 Å². The van der Waals surface area contributed by atoms with Crippen molar-refractivity contribution in [2.75, 3.05) is 32.1 Å². The Labute approximate surface area is 188 Å². The van der Waals surface area contributed by atoms with Crippen LogP contribution in [0.2, 0.25) is 0 Å². The van der Waals surface area contributed by atoms with Crippen LogP contribution in [0.4, 0.5) is 10.5 Å². The highest BCUT2D eigenvalue weighted by molar-refractivity contribution is 6.22. The minimum Gasteiger partial charge on any atom is -0.497 e. The fourth-order valence-electron chi connectivity index (χ4n) is 4.09. The number of urea groups is 1. The molecule has 0 radical (unpaired) electrons. The van der Waals surface area contributed by atoms with E-state index >= 15 is 0 Å². The lowest BCUT2D eigenvalue weighted by Gasteiger charge is -2.51. The molecular formula is C23H30ClN3O4. The van der Waals surface area contributed by atoms with Gasteiger partial charge in [-0.2, -0.15) is 0 Å². The van der Waals surface area contributed by atoms with Crippen molar-refractivity contribution in [3.8, 4) is 5.75 Å². The third-order valence-electron chi connectivity index (χ3n) is 6.08. The van der Waals surface area contributed by atoms with E-state index in [0.717, 1.165) is 5.57 Å². The van der Waals surface area contributed by atoms with Gasteiger partial charge >= 0.3 is 6.03 Å². The maximum atomic E-state index is 12.7. The molecule has 3 amide bonds. The fraction of sp³-hybridized carbons (Fsp3) is 0.478. The van der Waals surface area contributed by atoms with E-state index in [2.05, 4.69) is 10.6 Å². The van der Waals surface area contributed by atoms with Crippen LogP contribution < -0.4 is 15.4 Å². The minimum absolute atomic E-state index is 0.0488. The Morgan fingerprint density at radius 2 is 2.00 bits per heavy atom. The van der Waals surface area contributed by atoms with Gasteiger partial charge in [-0.25, -0.2) is 4.79 Å². The van der Waals surface area contributed by atoms with Crippen LogP contribution in [0, 0.1) is 5.41 Å². The van der Waals surface area contributed by atoms with Gasteiger partial charge in [-0.15, -0.1) is 11.6 Å². The van der Waals surface area contributed by atoms with Gasteiger partial charge in [0.05, 0.1) is 24.6 Å². The molecule has 168 valence electrons. The molecule has 0 aromatic heterocycles. The van der Waals surface area contributed by atoms with Gasteiger partial charge in [0.25, 0.3) is 0 Å². The van der Waals surface area contributed by atoms with E-state index in [-0.39, 0.29) is 17.8 Å². The number of benzene rings is 1. The number of piperidine rings is 1. The fourth-order valence-corrected chi connectivity index (χ4v) is 4.25. The first-order chi connectivity index (χ1) is 14.6. The first kappa shape index (κ1) is 23.2. The van der Waals surface area contributed by atoms with E-state index in [0.29, 0.717) is 37.4 Å². The highest BCUT2D eigenvalue weighted by Crippen LogP contribution is 2.45. The lowest BCUT2D eigenvalue weighted by atomic mass is 9.65. The highest BCUT2D eigenvalue weighted by Gasteiger charge is 2.50. The number of hydrogen-bond donors (Lipinski definition) is 3. The Kier molecular flexibility index (Phi) is 6.96. The Balaban J connectivity index is 1.53. The number of ether oxygens (including phenoxy) is 1. The monoisotopic (exact) mass is 447 g/mol. The quantitative estimate of drug-likeness (QED) is 0.604. The van der Waals surface area contributed by atoms with Gasteiger partial charge in [-0.1, -0.05) is 32.1 Å². The maximum Gasteiger partial charge on any atom is 0.319 e. The average Bonchev–Trinajstić information content (AvgIpc) is 2.75. The SMILES string of the molecule is COc1ccc(NC(=O)NCC(=O)N2CCC(O)(C3=CC[C@@H](Cl)C=C3)C(C)(C)C2)cc1. The number of likely N-dealkylation sites (tertiary alicyclic amines) is 1. The molecule has 0 saturated carbocycles. The first-order valence-corrected chi connectivity index (χ1v) is 10.8. The lowest BCUT2D eigenvalue weighted by molar-refractivity contribution is -0.143. The second-order valence-corrected chi connectivity index (χ2v) is 9.18. The average molecular weight is 448 g/mol. The Bertz CT molecular complexity index is 881. The molecule has 1 saturated heterocycles. The van der Waals surface area contributed by atoms with E-state index in [4.69, 9.17) is 16.3 Å². The molecule has 1 aromatic carbocycles. The third-order valence-corrected chi connectivity index (χ3v) is 6.40. The molecule has 1 unspecified atom stereocenters. The summed E-state index contributed by atoms with van der Waals surface area (Å²) in [4.78, 5) is 26.5. The second kappa shape index (κ2) is 9.32. The van der Waals surface area contributed by atoms with Crippen molar-refractivity contribution in [1.29, 1.82) is 0 Å². The third kappa shape index (κ3) is 5.22. The molecule has 2 atom stereocenters. The topological polar surface area (TPSA) is 90.9 Å². The molecular weight excluding hydrogens is 418 g/mol. The summed E-state index contributed by atoms with van der Waals surface area (Å²) in [6.07, 6.45) is 6.88. The van der Waals surface area contributed by atoms with Crippen LogP contribution in [0.1, 0.15) is 26.7 Å². The van der Waals surface area contributed by atoms with Gasteiger partial charge < -0.3 is 25.4 Å². The number of alkyl halides is 1. The molecule has 1 aromatic rings. The van der Waals surface area contributed by atoms with Crippen molar-refractivity contribution >= 4 is 29.2 Å². The lowest BCUT2D eigenvalue weighted by Crippen LogP contribution is -2.60. The molecule has 1 aliphatic carbocycles. The highest BCUT2D eigenvalue weighted by atomic mass is 35.5. The number of nitrogens with one attached hydrogen (secondary N) is 2. The number of amides is 3. The zero-order valence-electron chi connectivity index (χ0n) is 18.2. The summed E-state index contributed by atoms with van der Waals surface area (Å²) in [5.74, 6) is 0.504. The minimum atomic E-state index is -1.03. The van der Waals surface area contributed by atoms with Gasteiger partial charge in [0.1, 0.15) is 5.75 Å². The summed E-state index contributed by atoms with van der Waals surface area (Å²) in [5, 5.41) is 16.7. The van der Waals surface area contributed by atoms with Gasteiger partial charge in [0, 0.05) is 24.2 Å². The van der Waals surface area contributed by atoms with Crippen molar-refractivity contribution < 1.29 is 19.4 Å². The zero-order chi connectivity index (χ0) is 22.6. The van der Waals surface area contributed by atoms with Crippen LogP contribution in [0.25, 0.3) is 0 Å². The molecule has 1 aliphatic heterocycles. The van der Waals surface area contributed by atoms with Gasteiger partial charge in [-0.3, -0.25) is 4.79 Å². The van der Waals surface area contributed by atoms with Crippen LogP contribution >= 0.6 is 11.6 Å². The second-order valence-electron chi connectivity index (χ2n) is 8.62. The summed E-state index contributed by atoms with van der Waals surface area (Å²) < 4.78 is 5.09. The van der Waals surface area contributed by atoms with Crippen molar-refractivity contribution in [1.82, 2.24) is 10.2 Å². The predicted molar refractivity (Wildman–Crippen MR) is 121 cm³/mol. The van der Waals surface area contributed by atoms with Crippen molar-refractivity contribution in [2.24, 2.45) is 5.41 Å². The van der Waals surface area contributed by atoms with Gasteiger partial charge in [0.2, 0.25) is 5.91 Å². The molecule has 2 aliphatic rings. The first-order valence-electron chi connectivity index (χ1n) is 10.4. The predicted octanol–water partition coefficient (Wildman–Crippen LogP) is 3.30. The summed E-state index contributed by atoms with van der Waals surface area (Å²) in [7, 11) is 1.57. The molecule has 1 heterocycles. The van der Waals surface area contributed by atoms with Crippen molar-refractivity contribution in [2.45, 2.75) is 37.7 Å². The Morgan fingerprint density at radius 3 is 2.58 bits per heavy atom. The van der Waals surface area contributed by atoms with E-state index in [9.17, 15) is 14.7 Å². The number of allylic oxidation sites excluding steroid dienone is 2. The van der Waals surface area contributed by atoms with Crippen LogP contribution in [0.3, 0.4) is 0 Å². The number of halogens is 1. The normalized spacial score (nSPS) is 24.9. The summed E-state index contributed by atoms with van der Waals surface area (Å²) in [6, 6.07) is 6.45. The zero-order valence-corrected chi connectivity index (χ0v) is 18.9. The molecule has 3 N–H and O–H groups in total. The van der Waals surface area contributed by atoms with Crippen LogP contribution in [0.15, 0.2) is 48.1 Å². The van der Waals surface area contributed by atoms with Crippen LogP contribution in [-0.4, -0.2) is 59.7 Å². The van der Waals surface area contributed by atoms with Crippen LogP contribution in [-0.2, 0) is 4.79 Å². The smallest absolute Gasteiger partial charge is 0.319 e. The van der Waals surface area contributed by atoms with E-state index in [1.54, 1.807) is 36.3 Å². The maximum absolute atomic E-state index is 12.7. The summed E-state index contributed by atoms with van der Waals surface area (Å²) in [5.41, 5.74) is -0.126. The standard InChI is InChI=1S/C23H30ClN3O4/c1-22(2)15-27(13-12-23(22,30)16-4-6-17(24)7-5-16)20(28)14-25-21(29)26-18-8-10-19(31-3)11-9-18/h4-6,8-11,17,30H,7,12-15H2,1-3H3,(H2,25,26,29)/t17-,23?/m0/s1. The number of anilines is 1. The van der Waals surface area contributed by atoms with Crippen LogP contribution in [0.5, 0.6) is 5.75 Å². The number of methoxy groups -OCH3 is 1. The van der Waals surface area contributed by atoms with Crippen molar-refractivity contribution in [3.63, 3.8) is 0 Å². The summed E-state index contributed by atoms with van der Waals surface area (Å²) >= 11 is 6.12. The number of hydrogen-bond acceptors (Lipinski definition) is 4. The van der Waals surface area contributed by atoms with Gasteiger partial charge in [-0.05, 0) is 42.7 Å². The largest absolute Gasteiger partial charge is 0.497 e. The number of aliphatic hydroxyl groups is 1. The number of carbonyl (C=O) groups is 2. The van der Waals surface area contributed by atoms with Gasteiger partial charge in [0.15, 0.2) is 0 Å². The van der Waals surface area contributed by atoms with E-state index < -0.39 is 17.0 Å². The molecule has 1 fully saturated rings. The Hall–Kier alpha value is -2.51. The molecule has 31 heavy (non-hydrogen) atoms. The summed E-state index contributed by atoms with van der Waals surface area (Å²) in [6.45, 7) is 4.60. The molecule has 3 rings (SSSR count). The van der Waals surface area contributed by atoms with E-state index in [1.807, 2.05) is 32.1 Å². The Morgan fingerprint density at radius 1 is 1.29 bits per heavy atom.